The van der Waals surface area contributed by atoms with Crippen LogP contribution in [-0.2, 0) is 6.54 Å². The lowest BCUT2D eigenvalue weighted by atomic mass is 10.1. The highest BCUT2D eigenvalue weighted by Gasteiger charge is 2.26. The summed E-state index contributed by atoms with van der Waals surface area (Å²) in [6, 6.07) is 22.0. The number of amides is 1. The van der Waals surface area contributed by atoms with Crippen LogP contribution in [0, 0.1) is 36.5 Å². The highest BCUT2D eigenvalue weighted by molar-refractivity contribution is 5.95. The number of rotatable bonds is 5. The molecular formula is C31H33N7O. The van der Waals surface area contributed by atoms with Gasteiger partial charge in [0.2, 0.25) is 0 Å². The second-order valence-corrected chi connectivity index (χ2v) is 10.2. The molecule has 0 unspecified atom stereocenters. The van der Waals surface area contributed by atoms with Crippen LogP contribution in [0.5, 0.6) is 0 Å². The fraction of sp³-hybridized carbons (Fsp3) is 0.355. The third-order valence-electron chi connectivity index (χ3n) is 7.80. The molecule has 2 aliphatic heterocycles. The fourth-order valence-corrected chi connectivity index (χ4v) is 5.54. The SMILES string of the molecule is Cc1nc(C)c(C(=O)N2CCN(c3ccccc3C#N)CC2)cc1CN1CCN(c2ccccc2C#N)CC1. The lowest BCUT2D eigenvalue weighted by molar-refractivity contribution is 0.0745. The van der Waals surface area contributed by atoms with Gasteiger partial charge < -0.3 is 14.7 Å². The number of anilines is 2. The molecule has 0 N–H and O–H groups in total. The Hall–Kier alpha value is -4.40. The molecule has 8 heteroatoms. The molecule has 0 aliphatic carbocycles. The van der Waals surface area contributed by atoms with Crippen LogP contribution < -0.4 is 9.80 Å². The largest absolute Gasteiger partial charge is 0.368 e. The Labute approximate surface area is 230 Å². The Bertz CT molecular complexity index is 1440. The van der Waals surface area contributed by atoms with Crippen LogP contribution in [0.15, 0.2) is 54.6 Å². The summed E-state index contributed by atoms with van der Waals surface area (Å²) in [4.78, 5) is 27.1. The first kappa shape index (κ1) is 26.2. The maximum atomic E-state index is 13.6. The summed E-state index contributed by atoms with van der Waals surface area (Å²) >= 11 is 0. The topological polar surface area (TPSA) is 90.5 Å². The molecule has 0 bridgehead atoms. The summed E-state index contributed by atoms with van der Waals surface area (Å²) in [5, 5.41) is 18.9. The average Bonchev–Trinajstić information content (AvgIpc) is 2.98. The van der Waals surface area contributed by atoms with Crippen LogP contribution >= 0.6 is 0 Å². The van der Waals surface area contributed by atoms with Crippen LogP contribution in [0.4, 0.5) is 11.4 Å². The highest BCUT2D eigenvalue weighted by atomic mass is 16.2. The summed E-state index contributed by atoms with van der Waals surface area (Å²) in [7, 11) is 0. The van der Waals surface area contributed by atoms with Crippen molar-refractivity contribution in [1.29, 1.82) is 10.5 Å². The number of aromatic nitrogens is 1. The van der Waals surface area contributed by atoms with Crippen molar-refractivity contribution >= 4 is 17.3 Å². The van der Waals surface area contributed by atoms with Gasteiger partial charge in [0.05, 0.1) is 33.8 Å². The van der Waals surface area contributed by atoms with E-state index in [0.717, 1.165) is 61.0 Å². The van der Waals surface area contributed by atoms with Crippen molar-refractivity contribution in [2.75, 3.05) is 62.2 Å². The number of nitriles is 2. The Balaban J connectivity index is 1.23. The molecule has 0 atom stereocenters. The van der Waals surface area contributed by atoms with Crippen molar-refractivity contribution in [1.82, 2.24) is 14.8 Å². The van der Waals surface area contributed by atoms with E-state index < -0.39 is 0 Å². The summed E-state index contributed by atoms with van der Waals surface area (Å²) < 4.78 is 0. The van der Waals surface area contributed by atoms with Crippen molar-refractivity contribution in [2.24, 2.45) is 0 Å². The minimum absolute atomic E-state index is 0.0207. The molecule has 0 spiro atoms. The van der Waals surface area contributed by atoms with Crippen molar-refractivity contribution < 1.29 is 4.79 Å². The molecule has 1 aromatic heterocycles. The van der Waals surface area contributed by atoms with Crippen molar-refractivity contribution in [3.8, 4) is 12.1 Å². The van der Waals surface area contributed by atoms with Gasteiger partial charge in [0.25, 0.3) is 5.91 Å². The van der Waals surface area contributed by atoms with Crippen LogP contribution in [0.25, 0.3) is 0 Å². The molecule has 8 nitrogen and oxygen atoms in total. The Kier molecular flexibility index (Phi) is 7.76. The fourth-order valence-electron chi connectivity index (χ4n) is 5.54. The molecule has 2 aromatic carbocycles. The summed E-state index contributed by atoms with van der Waals surface area (Å²) in [6.45, 7) is 10.7. The molecule has 3 aromatic rings. The number of piperazine rings is 2. The minimum atomic E-state index is 0.0207. The van der Waals surface area contributed by atoms with E-state index in [0.29, 0.717) is 42.9 Å². The lowest BCUT2D eigenvalue weighted by Gasteiger charge is -2.37. The molecule has 39 heavy (non-hydrogen) atoms. The first-order chi connectivity index (χ1) is 19.0. The number of carbonyl (C=O) groups excluding carboxylic acids is 1. The zero-order chi connectivity index (χ0) is 27.4. The van der Waals surface area contributed by atoms with E-state index in [1.54, 1.807) is 0 Å². The quantitative estimate of drug-likeness (QED) is 0.507. The smallest absolute Gasteiger partial charge is 0.255 e. The van der Waals surface area contributed by atoms with Gasteiger partial charge in [-0.1, -0.05) is 24.3 Å². The predicted octanol–water partition coefficient (Wildman–Crippen LogP) is 3.73. The van der Waals surface area contributed by atoms with Gasteiger partial charge in [0, 0.05) is 64.6 Å². The molecular weight excluding hydrogens is 486 g/mol. The van der Waals surface area contributed by atoms with E-state index in [1.807, 2.05) is 73.3 Å². The van der Waals surface area contributed by atoms with Crippen LogP contribution in [-0.4, -0.2) is 73.0 Å². The van der Waals surface area contributed by atoms with Crippen LogP contribution in [0.2, 0.25) is 0 Å². The second-order valence-electron chi connectivity index (χ2n) is 10.2. The van der Waals surface area contributed by atoms with Gasteiger partial charge in [-0.25, -0.2) is 0 Å². The monoisotopic (exact) mass is 519 g/mol. The highest BCUT2D eigenvalue weighted by Crippen LogP contribution is 2.24. The number of aryl methyl sites for hydroxylation is 2. The third kappa shape index (κ3) is 5.57. The maximum absolute atomic E-state index is 13.6. The first-order valence-electron chi connectivity index (χ1n) is 13.5. The molecule has 5 rings (SSSR count). The Morgan fingerprint density at radius 1 is 0.769 bits per heavy atom. The van der Waals surface area contributed by atoms with Gasteiger partial charge >= 0.3 is 0 Å². The van der Waals surface area contributed by atoms with E-state index in [-0.39, 0.29) is 5.91 Å². The lowest BCUT2D eigenvalue weighted by Crippen LogP contribution is -2.49. The van der Waals surface area contributed by atoms with Gasteiger partial charge in [0.1, 0.15) is 12.1 Å². The number of nitrogens with zero attached hydrogens (tertiary/aromatic N) is 7. The molecule has 1 amide bonds. The Morgan fingerprint density at radius 2 is 1.28 bits per heavy atom. The minimum Gasteiger partial charge on any atom is -0.368 e. The zero-order valence-electron chi connectivity index (χ0n) is 22.6. The predicted molar refractivity (Wildman–Crippen MR) is 152 cm³/mol. The van der Waals surface area contributed by atoms with E-state index in [4.69, 9.17) is 4.98 Å². The Morgan fingerprint density at radius 3 is 1.82 bits per heavy atom. The van der Waals surface area contributed by atoms with Crippen molar-refractivity contribution in [2.45, 2.75) is 20.4 Å². The van der Waals surface area contributed by atoms with Crippen molar-refractivity contribution in [3.05, 3.63) is 88.2 Å². The number of hydrogen-bond donors (Lipinski definition) is 0. The summed E-state index contributed by atoms with van der Waals surface area (Å²) in [6.07, 6.45) is 0. The van der Waals surface area contributed by atoms with E-state index in [2.05, 4.69) is 26.8 Å². The number of para-hydroxylation sites is 2. The number of benzene rings is 2. The molecule has 2 fully saturated rings. The van der Waals surface area contributed by atoms with Gasteiger partial charge in [-0.3, -0.25) is 14.7 Å². The van der Waals surface area contributed by atoms with Crippen LogP contribution in [0.1, 0.15) is 38.4 Å². The van der Waals surface area contributed by atoms with Crippen molar-refractivity contribution in [3.63, 3.8) is 0 Å². The van der Waals surface area contributed by atoms with Crippen LogP contribution in [0.3, 0.4) is 0 Å². The van der Waals surface area contributed by atoms with E-state index in [1.165, 1.54) is 0 Å². The van der Waals surface area contributed by atoms with Gasteiger partial charge in [0.15, 0.2) is 0 Å². The van der Waals surface area contributed by atoms with Gasteiger partial charge in [-0.15, -0.1) is 0 Å². The maximum Gasteiger partial charge on any atom is 0.255 e. The van der Waals surface area contributed by atoms with Gasteiger partial charge in [-0.2, -0.15) is 10.5 Å². The van der Waals surface area contributed by atoms with E-state index in [9.17, 15) is 15.3 Å². The molecule has 0 saturated carbocycles. The average molecular weight is 520 g/mol. The van der Waals surface area contributed by atoms with Gasteiger partial charge in [-0.05, 0) is 49.7 Å². The standard InChI is InChI=1S/C31H33N7O/c1-23-27(22-35-11-13-36(14-12-35)29-9-5-3-7-25(29)20-32)19-28(24(2)34-23)31(39)38-17-15-37(16-18-38)30-10-6-4-8-26(30)21-33/h3-10,19H,11-18,22H2,1-2H3. The third-order valence-corrected chi connectivity index (χ3v) is 7.80. The summed E-state index contributed by atoms with van der Waals surface area (Å²) in [5.41, 5.74) is 6.77. The first-order valence-corrected chi connectivity index (χ1v) is 13.5. The zero-order valence-corrected chi connectivity index (χ0v) is 22.6. The normalized spacial score (nSPS) is 16.1. The number of carbonyl (C=O) groups is 1. The second kappa shape index (κ2) is 11.6. The molecule has 3 heterocycles. The number of hydrogen-bond acceptors (Lipinski definition) is 7. The molecule has 2 aliphatic rings. The summed E-state index contributed by atoms with van der Waals surface area (Å²) in [5.74, 6) is 0.0207. The molecule has 0 radical (unpaired) electrons. The molecule has 198 valence electrons. The molecule has 2 saturated heterocycles. The number of pyridine rings is 1. The van der Waals surface area contributed by atoms with E-state index >= 15 is 0 Å².